The topological polar surface area (TPSA) is 39.7 Å². The van der Waals surface area contributed by atoms with Crippen molar-refractivity contribution >= 4 is 0 Å². The summed E-state index contributed by atoms with van der Waals surface area (Å²) in [6.07, 6.45) is 15.7. The van der Waals surface area contributed by atoms with E-state index in [-0.39, 0.29) is 0 Å². The third kappa shape index (κ3) is 8.12. The van der Waals surface area contributed by atoms with Crippen molar-refractivity contribution in [3.63, 3.8) is 0 Å². The van der Waals surface area contributed by atoms with Crippen molar-refractivity contribution in [2.75, 3.05) is 21.3 Å². The Morgan fingerprint density at radius 2 is 1.31 bits per heavy atom. The third-order valence-electron chi connectivity index (χ3n) is 7.76. The van der Waals surface area contributed by atoms with Gasteiger partial charge in [-0.3, -0.25) is 0 Å². The Labute approximate surface area is 180 Å². The molecule has 3 aliphatic carbocycles. The van der Waals surface area contributed by atoms with Gasteiger partial charge in [0.05, 0.1) is 24.4 Å². The second-order valence-electron chi connectivity index (χ2n) is 10.0. The first-order valence-corrected chi connectivity index (χ1v) is 12.4. The van der Waals surface area contributed by atoms with Crippen molar-refractivity contribution in [2.45, 2.75) is 122 Å². The summed E-state index contributed by atoms with van der Waals surface area (Å²) < 4.78 is 17.4. The Morgan fingerprint density at radius 1 is 0.724 bits per heavy atom. The highest BCUT2D eigenvalue weighted by Gasteiger charge is 2.32. The zero-order chi connectivity index (χ0) is 21.2. The van der Waals surface area contributed by atoms with Gasteiger partial charge < -0.3 is 19.5 Å². The molecule has 3 fully saturated rings. The molecule has 3 aliphatic rings. The van der Waals surface area contributed by atoms with Crippen LogP contribution in [0.3, 0.4) is 0 Å². The van der Waals surface area contributed by atoms with Gasteiger partial charge >= 0.3 is 0 Å². The van der Waals surface area contributed by atoms with E-state index in [2.05, 4.69) is 26.1 Å². The minimum absolute atomic E-state index is 0.331. The van der Waals surface area contributed by atoms with Gasteiger partial charge in [0.15, 0.2) is 0 Å². The molecule has 172 valence electrons. The van der Waals surface area contributed by atoms with Crippen molar-refractivity contribution in [1.29, 1.82) is 0 Å². The predicted molar refractivity (Wildman–Crippen MR) is 121 cm³/mol. The Hall–Kier alpha value is -0.160. The first-order chi connectivity index (χ1) is 14.0. The van der Waals surface area contributed by atoms with Gasteiger partial charge in [-0.05, 0) is 89.0 Å². The Kier molecular flexibility index (Phi) is 11.5. The minimum atomic E-state index is 0.331. The lowest BCUT2D eigenvalue weighted by Gasteiger charge is -2.38. The SMILES string of the molecule is CCC1CCC(OC2CCC(C)CC2OC)CC1.CNC1CCC(C)CC1OC. The molecule has 0 heterocycles. The summed E-state index contributed by atoms with van der Waals surface area (Å²) >= 11 is 0. The summed E-state index contributed by atoms with van der Waals surface area (Å²) in [6.45, 7) is 6.95. The van der Waals surface area contributed by atoms with E-state index in [1.807, 2.05) is 21.3 Å². The zero-order valence-corrected chi connectivity index (χ0v) is 20.1. The summed E-state index contributed by atoms with van der Waals surface area (Å²) in [5.41, 5.74) is 0. The van der Waals surface area contributed by atoms with Crippen LogP contribution in [0.1, 0.15) is 91.4 Å². The molecule has 0 aliphatic heterocycles. The number of likely N-dealkylation sites (N-methyl/N-ethyl adjacent to an activating group) is 1. The summed E-state index contributed by atoms with van der Waals surface area (Å²) in [5, 5.41) is 3.30. The van der Waals surface area contributed by atoms with Gasteiger partial charge in [0, 0.05) is 20.3 Å². The Balaban J connectivity index is 0.000000234. The van der Waals surface area contributed by atoms with Gasteiger partial charge in [-0.15, -0.1) is 0 Å². The van der Waals surface area contributed by atoms with Crippen LogP contribution in [0, 0.1) is 17.8 Å². The lowest BCUT2D eigenvalue weighted by molar-refractivity contribution is -0.124. The first kappa shape index (κ1) is 25.1. The van der Waals surface area contributed by atoms with Gasteiger partial charge in [0.25, 0.3) is 0 Å². The Morgan fingerprint density at radius 3 is 1.86 bits per heavy atom. The fourth-order valence-electron chi connectivity index (χ4n) is 5.55. The van der Waals surface area contributed by atoms with E-state index in [1.165, 1.54) is 70.6 Å². The molecule has 0 aromatic heterocycles. The fourth-order valence-corrected chi connectivity index (χ4v) is 5.55. The summed E-state index contributed by atoms with van der Waals surface area (Å²) in [7, 11) is 5.67. The number of hydrogen-bond donors (Lipinski definition) is 1. The van der Waals surface area contributed by atoms with Crippen LogP contribution in [-0.4, -0.2) is 51.7 Å². The van der Waals surface area contributed by atoms with E-state index in [1.54, 1.807) is 0 Å². The van der Waals surface area contributed by atoms with Crippen molar-refractivity contribution in [3.8, 4) is 0 Å². The molecule has 6 unspecified atom stereocenters. The molecule has 0 aromatic carbocycles. The lowest BCUT2D eigenvalue weighted by atomic mass is 9.84. The molecule has 0 bridgehead atoms. The second-order valence-corrected chi connectivity index (χ2v) is 10.0. The van der Waals surface area contributed by atoms with E-state index < -0.39 is 0 Å². The van der Waals surface area contributed by atoms with Crippen molar-refractivity contribution < 1.29 is 14.2 Å². The molecule has 0 saturated heterocycles. The molecule has 3 saturated carbocycles. The number of rotatable bonds is 6. The summed E-state index contributed by atoms with van der Waals surface area (Å²) in [5.74, 6) is 2.59. The van der Waals surface area contributed by atoms with E-state index in [9.17, 15) is 0 Å². The highest BCUT2D eigenvalue weighted by molar-refractivity contribution is 4.83. The monoisotopic (exact) mass is 411 g/mol. The van der Waals surface area contributed by atoms with Gasteiger partial charge in [-0.25, -0.2) is 0 Å². The van der Waals surface area contributed by atoms with E-state index >= 15 is 0 Å². The Bertz CT molecular complexity index is 424. The van der Waals surface area contributed by atoms with Crippen molar-refractivity contribution in [3.05, 3.63) is 0 Å². The van der Waals surface area contributed by atoms with E-state index in [0.29, 0.717) is 30.5 Å². The maximum atomic E-state index is 6.35. The first-order valence-electron chi connectivity index (χ1n) is 12.4. The van der Waals surface area contributed by atoms with Crippen LogP contribution >= 0.6 is 0 Å². The fraction of sp³-hybridized carbons (Fsp3) is 1.00. The number of ether oxygens (including phenoxy) is 3. The molecule has 0 aromatic rings. The number of methoxy groups -OCH3 is 2. The van der Waals surface area contributed by atoms with Crippen LogP contribution in [0.25, 0.3) is 0 Å². The van der Waals surface area contributed by atoms with Gasteiger partial charge in [0.2, 0.25) is 0 Å². The zero-order valence-electron chi connectivity index (χ0n) is 20.1. The summed E-state index contributed by atoms with van der Waals surface area (Å²) in [4.78, 5) is 0. The quantitative estimate of drug-likeness (QED) is 0.619. The average Bonchev–Trinajstić information content (AvgIpc) is 2.75. The van der Waals surface area contributed by atoms with Crippen LogP contribution in [0.2, 0.25) is 0 Å². The largest absolute Gasteiger partial charge is 0.380 e. The molecule has 29 heavy (non-hydrogen) atoms. The normalized spacial score (nSPS) is 40.8. The molecule has 3 rings (SSSR count). The molecule has 6 atom stereocenters. The second kappa shape index (κ2) is 13.3. The molecule has 4 heteroatoms. The molecule has 0 amide bonds. The van der Waals surface area contributed by atoms with Crippen molar-refractivity contribution in [1.82, 2.24) is 5.32 Å². The third-order valence-corrected chi connectivity index (χ3v) is 7.76. The smallest absolute Gasteiger partial charge is 0.0840 e. The highest BCUT2D eigenvalue weighted by atomic mass is 16.5. The van der Waals surface area contributed by atoms with Crippen LogP contribution in [0.5, 0.6) is 0 Å². The highest BCUT2D eigenvalue weighted by Crippen LogP contribution is 2.33. The summed E-state index contributed by atoms with van der Waals surface area (Å²) in [6, 6.07) is 0.580. The lowest BCUT2D eigenvalue weighted by Crippen LogP contribution is -2.43. The minimum Gasteiger partial charge on any atom is -0.380 e. The maximum absolute atomic E-state index is 6.35. The molecule has 1 N–H and O–H groups in total. The predicted octanol–water partition coefficient (Wildman–Crippen LogP) is 5.58. The van der Waals surface area contributed by atoms with Crippen LogP contribution < -0.4 is 5.32 Å². The van der Waals surface area contributed by atoms with Gasteiger partial charge in [0.1, 0.15) is 0 Å². The van der Waals surface area contributed by atoms with E-state index in [4.69, 9.17) is 14.2 Å². The molecular formula is C25H49NO3. The molecular weight excluding hydrogens is 362 g/mol. The van der Waals surface area contributed by atoms with Crippen molar-refractivity contribution in [2.24, 2.45) is 17.8 Å². The van der Waals surface area contributed by atoms with E-state index in [0.717, 1.165) is 17.8 Å². The standard InChI is InChI=1S/C16H30O2.C9H19NO/c1-4-13-6-8-14(9-7-13)18-15-10-5-12(2)11-16(15)17-3;1-7-4-5-8(10-2)9(6-7)11-3/h12-16H,4-11H2,1-3H3;7-10H,4-6H2,1-3H3. The molecule has 0 spiro atoms. The van der Waals surface area contributed by atoms with Crippen LogP contribution in [0.4, 0.5) is 0 Å². The average molecular weight is 412 g/mol. The maximum Gasteiger partial charge on any atom is 0.0840 e. The van der Waals surface area contributed by atoms with Crippen LogP contribution in [-0.2, 0) is 14.2 Å². The van der Waals surface area contributed by atoms with Gasteiger partial charge in [-0.2, -0.15) is 0 Å². The molecule has 0 radical (unpaired) electrons. The number of hydrogen-bond acceptors (Lipinski definition) is 4. The number of nitrogens with one attached hydrogen (secondary N) is 1. The van der Waals surface area contributed by atoms with Gasteiger partial charge in [-0.1, -0.05) is 27.2 Å². The molecule has 4 nitrogen and oxygen atoms in total. The van der Waals surface area contributed by atoms with Crippen LogP contribution in [0.15, 0.2) is 0 Å².